The molecule has 1 saturated heterocycles. The van der Waals surface area contributed by atoms with Crippen LogP contribution in [-0.4, -0.2) is 81.6 Å². The highest BCUT2D eigenvalue weighted by molar-refractivity contribution is 5.39. The van der Waals surface area contributed by atoms with Gasteiger partial charge in [0.1, 0.15) is 11.5 Å². The van der Waals surface area contributed by atoms with Crippen LogP contribution in [-0.2, 0) is 11.3 Å². The first-order valence-corrected chi connectivity index (χ1v) is 8.00. The number of ether oxygens (including phenoxy) is 3. The van der Waals surface area contributed by atoms with Crippen LogP contribution in [0, 0.1) is 0 Å². The molecule has 2 rings (SSSR count). The number of benzene rings is 1. The van der Waals surface area contributed by atoms with E-state index >= 15 is 0 Å². The van der Waals surface area contributed by atoms with E-state index in [0.29, 0.717) is 19.8 Å². The van der Waals surface area contributed by atoms with Crippen molar-refractivity contribution in [2.24, 2.45) is 0 Å². The van der Waals surface area contributed by atoms with Gasteiger partial charge in [-0.15, -0.1) is 0 Å². The minimum absolute atomic E-state index is 0.312. The molecule has 1 aromatic carbocycles. The Morgan fingerprint density at radius 1 is 1.13 bits per heavy atom. The van der Waals surface area contributed by atoms with Gasteiger partial charge in [0.05, 0.1) is 33.5 Å². The summed E-state index contributed by atoms with van der Waals surface area (Å²) < 4.78 is 16.2. The molecule has 6 nitrogen and oxygen atoms in total. The van der Waals surface area contributed by atoms with Gasteiger partial charge in [0, 0.05) is 38.3 Å². The van der Waals surface area contributed by atoms with Crippen molar-refractivity contribution in [3.05, 3.63) is 23.8 Å². The van der Waals surface area contributed by atoms with E-state index in [1.807, 2.05) is 18.2 Å². The zero-order valence-corrected chi connectivity index (χ0v) is 14.3. The molecular weight excluding hydrogens is 296 g/mol. The molecular formula is C17H28N2O4. The summed E-state index contributed by atoms with van der Waals surface area (Å²) in [6.07, 6.45) is -0.477. The maximum Gasteiger partial charge on any atom is 0.124 e. The standard InChI is InChI=1S/C17H28N2O4/c1-18-6-8-19(9-7-18)11-15(20)13-23-12-14-10-16(21-2)4-5-17(14)22-3/h4-5,10,15,20H,6-9,11-13H2,1-3H3/t15-/m0/s1. The summed E-state index contributed by atoms with van der Waals surface area (Å²) in [5, 5.41) is 10.1. The van der Waals surface area contributed by atoms with Crippen molar-refractivity contribution in [3.8, 4) is 11.5 Å². The van der Waals surface area contributed by atoms with Crippen LogP contribution in [0.1, 0.15) is 5.56 Å². The first kappa shape index (κ1) is 18.0. The highest BCUT2D eigenvalue weighted by atomic mass is 16.5. The predicted molar refractivity (Wildman–Crippen MR) is 89.1 cm³/mol. The highest BCUT2D eigenvalue weighted by Crippen LogP contribution is 2.24. The van der Waals surface area contributed by atoms with Gasteiger partial charge < -0.3 is 24.2 Å². The van der Waals surface area contributed by atoms with Crippen molar-refractivity contribution in [1.82, 2.24) is 9.80 Å². The fourth-order valence-electron chi connectivity index (χ4n) is 2.68. The maximum atomic E-state index is 10.1. The van der Waals surface area contributed by atoms with E-state index in [1.165, 1.54) is 0 Å². The lowest BCUT2D eigenvalue weighted by atomic mass is 10.2. The second-order valence-electron chi connectivity index (χ2n) is 5.95. The van der Waals surface area contributed by atoms with Crippen LogP contribution in [0.2, 0.25) is 0 Å². The van der Waals surface area contributed by atoms with Crippen LogP contribution in [0.5, 0.6) is 11.5 Å². The number of aliphatic hydroxyl groups excluding tert-OH is 1. The molecule has 0 spiro atoms. The summed E-state index contributed by atoms with van der Waals surface area (Å²) in [5.41, 5.74) is 0.915. The lowest BCUT2D eigenvalue weighted by Crippen LogP contribution is -2.47. The number of hydrogen-bond donors (Lipinski definition) is 1. The zero-order chi connectivity index (χ0) is 16.7. The first-order chi connectivity index (χ1) is 11.1. The molecule has 1 atom stereocenters. The van der Waals surface area contributed by atoms with Crippen LogP contribution in [0.3, 0.4) is 0 Å². The molecule has 1 fully saturated rings. The molecule has 23 heavy (non-hydrogen) atoms. The molecule has 1 heterocycles. The third-order valence-electron chi connectivity index (χ3n) is 4.12. The third kappa shape index (κ3) is 5.66. The van der Waals surface area contributed by atoms with E-state index in [0.717, 1.165) is 43.2 Å². The Balaban J connectivity index is 1.75. The summed E-state index contributed by atoms with van der Waals surface area (Å²) in [4.78, 5) is 4.58. The van der Waals surface area contributed by atoms with Gasteiger partial charge in [-0.25, -0.2) is 0 Å². The van der Waals surface area contributed by atoms with Gasteiger partial charge in [-0.3, -0.25) is 4.90 Å². The van der Waals surface area contributed by atoms with E-state index in [2.05, 4.69) is 16.8 Å². The number of likely N-dealkylation sites (N-methyl/N-ethyl adjacent to an activating group) is 1. The fourth-order valence-corrected chi connectivity index (χ4v) is 2.68. The van der Waals surface area contributed by atoms with Gasteiger partial charge in [-0.05, 0) is 25.2 Å². The molecule has 0 saturated carbocycles. The number of β-amino-alcohol motifs (C(OH)–C–C–N with tert-alkyl or cyclic N) is 1. The van der Waals surface area contributed by atoms with Crippen LogP contribution < -0.4 is 9.47 Å². The molecule has 1 aliphatic heterocycles. The van der Waals surface area contributed by atoms with Gasteiger partial charge in [-0.2, -0.15) is 0 Å². The first-order valence-electron chi connectivity index (χ1n) is 8.00. The molecule has 0 aromatic heterocycles. The molecule has 1 aromatic rings. The summed E-state index contributed by atoms with van der Waals surface area (Å²) in [7, 11) is 5.39. The minimum Gasteiger partial charge on any atom is -0.497 e. The minimum atomic E-state index is -0.477. The zero-order valence-electron chi connectivity index (χ0n) is 14.3. The van der Waals surface area contributed by atoms with Gasteiger partial charge in [0.2, 0.25) is 0 Å². The SMILES string of the molecule is COc1ccc(OC)c(COC[C@@H](O)CN2CCN(C)CC2)c1. The van der Waals surface area contributed by atoms with Gasteiger partial charge in [0.15, 0.2) is 0 Å². The van der Waals surface area contributed by atoms with E-state index in [-0.39, 0.29) is 0 Å². The van der Waals surface area contributed by atoms with Crippen molar-refractivity contribution in [2.75, 3.05) is 60.6 Å². The Morgan fingerprint density at radius 2 is 1.87 bits per heavy atom. The quantitative estimate of drug-likeness (QED) is 0.764. The Hall–Kier alpha value is -1.34. The molecule has 0 amide bonds. The molecule has 1 N–H and O–H groups in total. The second-order valence-corrected chi connectivity index (χ2v) is 5.95. The van der Waals surface area contributed by atoms with E-state index < -0.39 is 6.10 Å². The van der Waals surface area contributed by atoms with Gasteiger partial charge in [0.25, 0.3) is 0 Å². The number of piperazine rings is 1. The van der Waals surface area contributed by atoms with Gasteiger partial charge in [-0.1, -0.05) is 0 Å². The van der Waals surface area contributed by atoms with Crippen LogP contribution in [0.25, 0.3) is 0 Å². The predicted octanol–water partition coefficient (Wildman–Crippen LogP) is 0.829. The molecule has 6 heteroatoms. The topological polar surface area (TPSA) is 54.4 Å². The van der Waals surface area contributed by atoms with Gasteiger partial charge >= 0.3 is 0 Å². The average molecular weight is 324 g/mol. The molecule has 0 bridgehead atoms. The molecule has 130 valence electrons. The Morgan fingerprint density at radius 3 is 2.52 bits per heavy atom. The third-order valence-corrected chi connectivity index (χ3v) is 4.12. The Bertz CT molecular complexity index is 476. The number of methoxy groups -OCH3 is 2. The van der Waals surface area contributed by atoms with Crippen LogP contribution in [0.4, 0.5) is 0 Å². The van der Waals surface area contributed by atoms with Crippen molar-refractivity contribution in [3.63, 3.8) is 0 Å². The normalized spacial score (nSPS) is 17.9. The molecule has 0 aliphatic carbocycles. The van der Waals surface area contributed by atoms with Crippen molar-refractivity contribution < 1.29 is 19.3 Å². The Kier molecular flexibility index (Phi) is 7.11. The van der Waals surface area contributed by atoms with Crippen molar-refractivity contribution in [1.29, 1.82) is 0 Å². The average Bonchev–Trinajstić information content (AvgIpc) is 2.57. The van der Waals surface area contributed by atoms with E-state index in [1.54, 1.807) is 14.2 Å². The number of aliphatic hydroxyl groups is 1. The molecule has 0 radical (unpaired) electrons. The van der Waals surface area contributed by atoms with Crippen LogP contribution in [0.15, 0.2) is 18.2 Å². The number of nitrogens with zero attached hydrogens (tertiary/aromatic N) is 2. The van der Waals surface area contributed by atoms with E-state index in [9.17, 15) is 5.11 Å². The summed E-state index contributed by atoms with van der Waals surface area (Å²) in [6, 6.07) is 5.61. The summed E-state index contributed by atoms with van der Waals surface area (Å²) in [6.45, 7) is 5.45. The lowest BCUT2D eigenvalue weighted by Gasteiger charge is -2.33. The lowest BCUT2D eigenvalue weighted by molar-refractivity contribution is 0.00252. The largest absolute Gasteiger partial charge is 0.497 e. The summed E-state index contributed by atoms with van der Waals surface area (Å²) in [5.74, 6) is 1.53. The van der Waals surface area contributed by atoms with Crippen molar-refractivity contribution in [2.45, 2.75) is 12.7 Å². The van der Waals surface area contributed by atoms with Crippen molar-refractivity contribution >= 4 is 0 Å². The van der Waals surface area contributed by atoms with Crippen LogP contribution >= 0.6 is 0 Å². The highest BCUT2D eigenvalue weighted by Gasteiger charge is 2.17. The number of rotatable bonds is 8. The smallest absolute Gasteiger partial charge is 0.124 e. The maximum absolute atomic E-state index is 10.1. The monoisotopic (exact) mass is 324 g/mol. The second kappa shape index (κ2) is 9.08. The number of hydrogen-bond acceptors (Lipinski definition) is 6. The summed E-state index contributed by atoms with van der Waals surface area (Å²) >= 11 is 0. The Labute approximate surface area is 138 Å². The molecule has 1 aliphatic rings. The molecule has 0 unspecified atom stereocenters. The fraction of sp³-hybridized carbons (Fsp3) is 0.647. The van der Waals surface area contributed by atoms with E-state index in [4.69, 9.17) is 14.2 Å².